The minimum absolute atomic E-state index is 0.0937. The number of carboxylic acids is 1. The fourth-order valence-corrected chi connectivity index (χ4v) is 3.78. The lowest BCUT2D eigenvalue weighted by Gasteiger charge is -2.18. The molecule has 0 aliphatic heterocycles. The van der Waals surface area contributed by atoms with Gasteiger partial charge < -0.3 is 25.8 Å². The average Bonchev–Trinajstić information content (AvgIpc) is 3.11. The standard InChI is InChI=1S/C24H27N3O6/c1-14(2)22(23(30)31)27-21(29)12-25-20(28)11-26-24(32)33-13-19-17-9-5-3-7-15(17)16-8-4-6-10-18(16)19/h3-10,14,19,22H,11-13H2,1-2H3,(H,25,28)(H,26,32)(H,27,29)(H,30,31)/t22-/m0/s1. The summed E-state index contributed by atoms with van der Waals surface area (Å²) in [4.78, 5) is 47.0. The first-order valence-corrected chi connectivity index (χ1v) is 10.7. The summed E-state index contributed by atoms with van der Waals surface area (Å²) in [6.45, 7) is 2.67. The molecule has 1 aliphatic rings. The number of hydrogen-bond donors (Lipinski definition) is 4. The van der Waals surface area contributed by atoms with Crippen molar-refractivity contribution in [3.8, 4) is 11.1 Å². The average molecular weight is 453 g/mol. The van der Waals surface area contributed by atoms with Crippen LogP contribution in [-0.4, -0.2) is 54.7 Å². The highest BCUT2D eigenvalue weighted by Gasteiger charge is 2.29. The van der Waals surface area contributed by atoms with E-state index in [2.05, 4.69) is 16.0 Å². The maximum Gasteiger partial charge on any atom is 0.407 e. The fraction of sp³-hybridized carbons (Fsp3) is 0.333. The third-order valence-corrected chi connectivity index (χ3v) is 5.43. The van der Waals surface area contributed by atoms with Crippen molar-refractivity contribution in [1.29, 1.82) is 0 Å². The summed E-state index contributed by atoms with van der Waals surface area (Å²) in [5, 5.41) is 16.1. The SMILES string of the molecule is CC(C)[C@H](NC(=O)CNC(=O)CNC(=O)OCC1c2ccccc2-c2ccccc21)C(=O)O. The lowest BCUT2D eigenvalue weighted by atomic mass is 9.98. The van der Waals surface area contributed by atoms with Crippen LogP contribution in [0.4, 0.5) is 4.79 Å². The Morgan fingerprint density at radius 3 is 1.97 bits per heavy atom. The number of benzene rings is 2. The van der Waals surface area contributed by atoms with Gasteiger partial charge in [0.05, 0.1) is 6.54 Å². The van der Waals surface area contributed by atoms with Gasteiger partial charge in [-0.1, -0.05) is 62.4 Å². The molecule has 2 aromatic rings. The number of carbonyl (C=O) groups excluding carboxylic acids is 3. The highest BCUT2D eigenvalue weighted by molar-refractivity contribution is 5.89. The summed E-state index contributed by atoms with van der Waals surface area (Å²) < 4.78 is 5.35. The zero-order chi connectivity index (χ0) is 24.0. The number of alkyl carbamates (subject to hydrolysis) is 1. The van der Waals surface area contributed by atoms with Gasteiger partial charge >= 0.3 is 12.1 Å². The Bertz CT molecular complexity index is 1010. The highest BCUT2D eigenvalue weighted by Crippen LogP contribution is 2.44. The topological polar surface area (TPSA) is 134 Å². The predicted octanol–water partition coefficient (Wildman–Crippen LogP) is 1.87. The number of nitrogens with one attached hydrogen (secondary N) is 3. The van der Waals surface area contributed by atoms with Crippen molar-refractivity contribution < 1.29 is 29.0 Å². The summed E-state index contributed by atoms with van der Waals surface area (Å²) in [7, 11) is 0. The second-order valence-corrected chi connectivity index (χ2v) is 8.08. The lowest BCUT2D eigenvalue weighted by Crippen LogP contribution is -2.49. The fourth-order valence-electron chi connectivity index (χ4n) is 3.78. The quantitative estimate of drug-likeness (QED) is 0.458. The van der Waals surface area contributed by atoms with E-state index in [4.69, 9.17) is 9.84 Å². The minimum Gasteiger partial charge on any atom is -0.480 e. The maximum absolute atomic E-state index is 12.1. The van der Waals surface area contributed by atoms with Gasteiger partial charge in [0.1, 0.15) is 19.2 Å². The second kappa shape index (κ2) is 10.6. The van der Waals surface area contributed by atoms with Gasteiger partial charge in [-0.25, -0.2) is 9.59 Å². The summed E-state index contributed by atoms with van der Waals surface area (Å²) in [6.07, 6.45) is -0.748. The van der Waals surface area contributed by atoms with E-state index < -0.39 is 36.5 Å². The Morgan fingerprint density at radius 2 is 1.42 bits per heavy atom. The molecule has 0 fully saturated rings. The molecular formula is C24H27N3O6. The molecule has 9 heteroatoms. The summed E-state index contributed by atoms with van der Waals surface area (Å²) in [6, 6.07) is 14.9. The van der Waals surface area contributed by atoms with Crippen LogP contribution in [0.1, 0.15) is 30.9 Å². The van der Waals surface area contributed by atoms with Crippen LogP contribution in [0.5, 0.6) is 0 Å². The summed E-state index contributed by atoms with van der Waals surface area (Å²) in [5.74, 6) is -2.79. The zero-order valence-corrected chi connectivity index (χ0v) is 18.5. The van der Waals surface area contributed by atoms with Crippen molar-refractivity contribution in [2.24, 2.45) is 5.92 Å². The van der Waals surface area contributed by atoms with Crippen LogP contribution in [0, 0.1) is 5.92 Å². The Labute approximate surface area is 191 Å². The first-order chi connectivity index (χ1) is 15.8. The van der Waals surface area contributed by atoms with E-state index in [1.165, 1.54) is 0 Å². The molecule has 3 rings (SSSR count). The molecule has 0 saturated heterocycles. The first-order valence-electron chi connectivity index (χ1n) is 10.7. The normalized spacial score (nSPS) is 12.9. The van der Waals surface area contributed by atoms with Crippen LogP contribution >= 0.6 is 0 Å². The van der Waals surface area contributed by atoms with Gasteiger partial charge in [0, 0.05) is 5.92 Å². The first kappa shape index (κ1) is 23.8. The maximum atomic E-state index is 12.1. The largest absolute Gasteiger partial charge is 0.480 e. The molecule has 9 nitrogen and oxygen atoms in total. The van der Waals surface area contributed by atoms with E-state index in [0.29, 0.717) is 0 Å². The number of carbonyl (C=O) groups is 4. The third kappa shape index (κ3) is 5.88. The molecule has 174 valence electrons. The smallest absolute Gasteiger partial charge is 0.407 e. The Balaban J connectivity index is 1.43. The van der Waals surface area contributed by atoms with E-state index in [1.807, 2.05) is 48.5 Å². The van der Waals surface area contributed by atoms with E-state index in [-0.39, 0.29) is 25.0 Å². The molecule has 0 heterocycles. The van der Waals surface area contributed by atoms with E-state index in [1.54, 1.807) is 13.8 Å². The number of fused-ring (bicyclic) bond motifs is 3. The predicted molar refractivity (Wildman–Crippen MR) is 120 cm³/mol. The summed E-state index contributed by atoms with van der Waals surface area (Å²) >= 11 is 0. The molecule has 0 radical (unpaired) electrons. The van der Waals surface area contributed by atoms with Crippen molar-refractivity contribution in [2.45, 2.75) is 25.8 Å². The van der Waals surface area contributed by atoms with Gasteiger partial charge in [0.15, 0.2) is 0 Å². The molecule has 1 aliphatic carbocycles. The molecule has 4 N–H and O–H groups in total. The van der Waals surface area contributed by atoms with Crippen molar-refractivity contribution >= 4 is 23.9 Å². The van der Waals surface area contributed by atoms with Crippen molar-refractivity contribution in [2.75, 3.05) is 19.7 Å². The summed E-state index contributed by atoms with van der Waals surface area (Å²) in [5.41, 5.74) is 4.39. The van der Waals surface area contributed by atoms with Gasteiger partial charge in [0.2, 0.25) is 11.8 Å². The number of amides is 3. The van der Waals surface area contributed by atoms with Crippen LogP contribution in [0.2, 0.25) is 0 Å². The van der Waals surface area contributed by atoms with Crippen molar-refractivity contribution in [3.05, 3.63) is 59.7 Å². The molecule has 3 amide bonds. The molecule has 1 atom stereocenters. The Kier molecular flexibility index (Phi) is 7.66. The molecule has 0 aromatic heterocycles. The highest BCUT2D eigenvalue weighted by atomic mass is 16.5. The number of ether oxygens (including phenoxy) is 1. The lowest BCUT2D eigenvalue weighted by molar-refractivity contribution is -0.143. The Morgan fingerprint density at radius 1 is 0.879 bits per heavy atom. The van der Waals surface area contributed by atoms with Gasteiger partial charge in [-0.3, -0.25) is 9.59 Å². The molecule has 0 saturated carbocycles. The van der Waals surface area contributed by atoms with E-state index in [0.717, 1.165) is 22.3 Å². The number of hydrogen-bond acceptors (Lipinski definition) is 5. The molecule has 0 unspecified atom stereocenters. The van der Waals surface area contributed by atoms with Crippen molar-refractivity contribution in [3.63, 3.8) is 0 Å². The number of carboxylic acid groups (broad SMARTS) is 1. The third-order valence-electron chi connectivity index (χ3n) is 5.43. The molecule has 33 heavy (non-hydrogen) atoms. The number of aliphatic carboxylic acids is 1. The van der Waals surface area contributed by atoms with Gasteiger partial charge in [0.25, 0.3) is 0 Å². The monoisotopic (exact) mass is 453 g/mol. The van der Waals surface area contributed by atoms with Crippen LogP contribution in [-0.2, 0) is 19.1 Å². The molecule has 0 bridgehead atoms. The molecule has 0 spiro atoms. The van der Waals surface area contributed by atoms with E-state index >= 15 is 0 Å². The number of rotatable bonds is 9. The van der Waals surface area contributed by atoms with Crippen LogP contribution in [0.25, 0.3) is 11.1 Å². The Hall–Kier alpha value is -3.88. The van der Waals surface area contributed by atoms with Crippen molar-refractivity contribution in [1.82, 2.24) is 16.0 Å². The van der Waals surface area contributed by atoms with Crippen LogP contribution in [0.15, 0.2) is 48.5 Å². The zero-order valence-electron chi connectivity index (χ0n) is 18.5. The second-order valence-electron chi connectivity index (χ2n) is 8.08. The van der Waals surface area contributed by atoms with Crippen LogP contribution in [0.3, 0.4) is 0 Å². The van der Waals surface area contributed by atoms with E-state index in [9.17, 15) is 19.2 Å². The molecular weight excluding hydrogens is 426 g/mol. The minimum atomic E-state index is -1.15. The van der Waals surface area contributed by atoms with Gasteiger partial charge in [-0.05, 0) is 28.2 Å². The van der Waals surface area contributed by atoms with Gasteiger partial charge in [-0.15, -0.1) is 0 Å². The molecule has 2 aromatic carbocycles. The van der Waals surface area contributed by atoms with Gasteiger partial charge in [-0.2, -0.15) is 0 Å². The van der Waals surface area contributed by atoms with Crippen LogP contribution < -0.4 is 16.0 Å².